The maximum Gasteiger partial charge on any atom is 0.138 e. The quantitative estimate of drug-likeness (QED) is 0.199. The molecule has 0 N–H and O–H groups in total. The molecule has 1 aliphatic carbocycles. The molecule has 3 aromatic carbocycles. The van der Waals surface area contributed by atoms with Crippen LogP contribution < -0.4 is 0 Å². The van der Waals surface area contributed by atoms with Crippen LogP contribution >= 0.6 is 11.8 Å². The van der Waals surface area contributed by atoms with Crippen LogP contribution in [0, 0.1) is 0 Å². The number of para-hydroxylation sites is 1. The molecule has 0 saturated heterocycles. The minimum absolute atomic E-state index is 0.0448. The lowest BCUT2D eigenvalue weighted by Gasteiger charge is -2.54. The van der Waals surface area contributed by atoms with Crippen molar-refractivity contribution in [2.45, 2.75) is 33.5 Å². The highest BCUT2D eigenvalue weighted by molar-refractivity contribution is 8.00. The van der Waals surface area contributed by atoms with Crippen molar-refractivity contribution in [3.8, 4) is 0 Å². The van der Waals surface area contributed by atoms with Crippen LogP contribution in [0.4, 0.5) is 0 Å². The SMILES string of the molecule is C1=COC(C2(c3cc4ccccc4o3)C(c3occ4ccccc34)=CC=CC2(c2ccco2)C2Cc3ccccc3S2)C=C1. The fourth-order valence-electron chi connectivity index (χ4n) is 7.66. The molecule has 0 saturated carbocycles. The highest BCUT2D eigenvalue weighted by atomic mass is 32.2. The monoisotopic (exact) mass is 592 g/mol. The normalized spacial score (nSPS) is 25.8. The molecule has 6 aromatic rings. The predicted molar refractivity (Wildman–Crippen MR) is 175 cm³/mol. The van der Waals surface area contributed by atoms with E-state index < -0.39 is 16.9 Å². The van der Waals surface area contributed by atoms with Crippen molar-refractivity contribution in [1.82, 2.24) is 0 Å². The first-order chi connectivity index (χ1) is 21.8. The van der Waals surface area contributed by atoms with E-state index in [1.165, 1.54) is 10.5 Å². The third-order valence-corrected chi connectivity index (χ3v) is 11.0. The van der Waals surface area contributed by atoms with E-state index in [1.54, 1.807) is 12.5 Å². The maximum absolute atomic E-state index is 6.99. The molecule has 5 heteroatoms. The second-order valence-corrected chi connectivity index (χ2v) is 12.8. The molecule has 0 amide bonds. The van der Waals surface area contributed by atoms with Crippen molar-refractivity contribution in [3.63, 3.8) is 0 Å². The number of fused-ring (bicyclic) bond motifs is 3. The second kappa shape index (κ2) is 9.83. The summed E-state index contributed by atoms with van der Waals surface area (Å²) in [6, 6.07) is 31.5. The van der Waals surface area contributed by atoms with Gasteiger partial charge in [-0.25, -0.2) is 0 Å². The van der Waals surface area contributed by atoms with E-state index in [9.17, 15) is 0 Å². The zero-order chi connectivity index (χ0) is 29.1. The van der Waals surface area contributed by atoms with Gasteiger partial charge in [-0.2, -0.15) is 0 Å². The van der Waals surface area contributed by atoms with Gasteiger partial charge in [0.2, 0.25) is 0 Å². The Bertz CT molecular complexity index is 2080. The fourth-order valence-corrected chi connectivity index (χ4v) is 9.25. The first kappa shape index (κ1) is 25.6. The number of ether oxygens (including phenoxy) is 1. The topological polar surface area (TPSA) is 48.7 Å². The molecule has 2 aliphatic heterocycles. The van der Waals surface area contributed by atoms with Crippen molar-refractivity contribution in [1.29, 1.82) is 0 Å². The van der Waals surface area contributed by atoms with Crippen LogP contribution in [-0.2, 0) is 22.0 Å². The van der Waals surface area contributed by atoms with Crippen LogP contribution in [0.15, 0.2) is 164 Å². The molecule has 214 valence electrons. The molecule has 4 nitrogen and oxygen atoms in total. The largest absolute Gasteiger partial charge is 0.492 e. The summed E-state index contributed by atoms with van der Waals surface area (Å²) in [6.07, 6.45) is 18.6. The van der Waals surface area contributed by atoms with Gasteiger partial charge >= 0.3 is 0 Å². The molecule has 0 spiro atoms. The maximum atomic E-state index is 6.99. The Balaban J connectivity index is 1.42. The molecule has 3 aromatic heterocycles. The molecule has 5 heterocycles. The number of furan rings is 3. The fraction of sp³-hybridized carbons (Fsp3) is 0.128. The molecular formula is C39H28O4S. The van der Waals surface area contributed by atoms with Crippen LogP contribution in [-0.4, -0.2) is 11.4 Å². The van der Waals surface area contributed by atoms with Gasteiger partial charge in [-0.1, -0.05) is 85.0 Å². The summed E-state index contributed by atoms with van der Waals surface area (Å²) < 4.78 is 26.8. The smallest absolute Gasteiger partial charge is 0.138 e. The van der Waals surface area contributed by atoms with E-state index in [0.717, 1.165) is 51.0 Å². The number of benzene rings is 3. The molecule has 9 rings (SSSR count). The van der Waals surface area contributed by atoms with E-state index in [-0.39, 0.29) is 5.25 Å². The van der Waals surface area contributed by atoms with E-state index in [0.29, 0.717) is 0 Å². The first-order valence-corrected chi connectivity index (χ1v) is 15.8. The van der Waals surface area contributed by atoms with Gasteiger partial charge in [-0.05, 0) is 54.5 Å². The van der Waals surface area contributed by atoms with Crippen LogP contribution in [0.1, 0.15) is 22.8 Å². The van der Waals surface area contributed by atoms with Crippen molar-refractivity contribution in [3.05, 3.63) is 169 Å². The summed E-state index contributed by atoms with van der Waals surface area (Å²) in [5.74, 6) is 2.45. The number of rotatable bonds is 5. The predicted octanol–water partition coefficient (Wildman–Crippen LogP) is 9.79. The Labute approximate surface area is 259 Å². The van der Waals surface area contributed by atoms with Crippen molar-refractivity contribution < 1.29 is 18.0 Å². The number of allylic oxidation sites excluding steroid dienone is 5. The molecule has 4 atom stereocenters. The van der Waals surface area contributed by atoms with Gasteiger partial charge in [0.1, 0.15) is 34.4 Å². The van der Waals surface area contributed by atoms with Crippen LogP contribution in [0.25, 0.3) is 27.3 Å². The summed E-state index contributed by atoms with van der Waals surface area (Å²) >= 11 is 1.90. The summed E-state index contributed by atoms with van der Waals surface area (Å²) in [7, 11) is 0. The second-order valence-electron chi connectivity index (χ2n) is 11.6. The zero-order valence-corrected chi connectivity index (χ0v) is 24.6. The minimum Gasteiger partial charge on any atom is -0.492 e. The zero-order valence-electron chi connectivity index (χ0n) is 23.8. The third kappa shape index (κ3) is 3.47. The Hall–Kier alpha value is -4.87. The third-order valence-electron chi connectivity index (χ3n) is 9.48. The van der Waals surface area contributed by atoms with Gasteiger partial charge < -0.3 is 18.0 Å². The number of hydrogen-bond donors (Lipinski definition) is 0. The van der Waals surface area contributed by atoms with Gasteiger partial charge in [-0.15, -0.1) is 11.8 Å². The molecule has 0 fully saturated rings. The van der Waals surface area contributed by atoms with Gasteiger partial charge in [0.05, 0.1) is 24.2 Å². The van der Waals surface area contributed by atoms with Gasteiger partial charge in [0, 0.05) is 31.9 Å². The molecule has 3 aliphatic rings. The van der Waals surface area contributed by atoms with E-state index in [2.05, 4.69) is 97.1 Å². The molecular weight excluding hydrogens is 564 g/mol. The molecule has 0 bridgehead atoms. The van der Waals surface area contributed by atoms with Crippen LogP contribution in [0.5, 0.6) is 0 Å². The Kier molecular flexibility index (Phi) is 5.72. The minimum atomic E-state index is -0.944. The lowest BCUT2D eigenvalue weighted by Crippen LogP contribution is -2.61. The summed E-state index contributed by atoms with van der Waals surface area (Å²) in [5.41, 5.74) is 1.44. The Morgan fingerprint density at radius 3 is 2.48 bits per heavy atom. The van der Waals surface area contributed by atoms with Gasteiger partial charge in [0.25, 0.3) is 0 Å². The van der Waals surface area contributed by atoms with Crippen LogP contribution in [0.3, 0.4) is 0 Å². The lowest BCUT2D eigenvalue weighted by molar-refractivity contribution is 0.0683. The standard InChI is InChI=1S/C39H28O4S/c1-4-14-29-28(13-1)25-42-37(29)30-15-9-20-38(33-19-10-22-40-33,36-24-27-12-3-6-17-32(27)44-36)39(30,34-18-7-8-21-41-34)35-23-26-11-2-5-16-31(26)43-35/h1-23,25,34,36H,24H2. The lowest BCUT2D eigenvalue weighted by atomic mass is 9.50. The van der Waals surface area contributed by atoms with Gasteiger partial charge in [-0.3, -0.25) is 0 Å². The summed E-state index contributed by atoms with van der Waals surface area (Å²) in [5, 5.41) is 3.16. The van der Waals surface area contributed by atoms with Crippen molar-refractivity contribution >= 4 is 39.1 Å². The molecule has 0 radical (unpaired) electrons. The first-order valence-electron chi connectivity index (χ1n) is 14.9. The van der Waals surface area contributed by atoms with Crippen molar-refractivity contribution in [2.24, 2.45) is 0 Å². The highest BCUT2D eigenvalue weighted by Crippen LogP contribution is 2.65. The van der Waals surface area contributed by atoms with Gasteiger partial charge in [0.15, 0.2) is 0 Å². The summed E-state index contributed by atoms with van der Waals surface area (Å²) in [4.78, 5) is 1.29. The van der Waals surface area contributed by atoms with E-state index in [1.807, 2.05) is 48.4 Å². The van der Waals surface area contributed by atoms with E-state index >= 15 is 0 Å². The average molecular weight is 593 g/mol. The summed E-state index contributed by atoms with van der Waals surface area (Å²) in [6.45, 7) is 0. The number of hydrogen-bond acceptors (Lipinski definition) is 5. The highest BCUT2D eigenvalue weighted by Gasteiger charge is 2.68. The average Bonchev–Trinajstić information content (AvgIpc) is 3.90. The molecule has 4 unspecified atom stereocenters. The Morgan fingerprint density at radius 1 is 0.773 bits per heavy atom. The van der Waals surface area contributed by atoms with E-state index in [4.69, 9.17) is 18.0 Å². The number of thioether (sulfide) groups is 1. The Morgan fingerprint density at radius 2 is 1.64 bits per heavy atom. The van der Waals surface area contributed by atoms with Crippen molar-refractivity contribution in [2.75, 3.05) is 0 Å². The van der Waals surface area contributed by atoms with Crippen LogP contribution in [0.2, 0.25) is 0 Å². The molecule has 44 heavy (non-hydrogen) atoms.